The van der Waals surface area contributed by atoms with Crippen LogP contribution in [0.2, 0.25) is 0 Å². The molecule has 0 atom stereocenters. The number of aromatic carboxylic acids is 1. The molecule has 0 aliphatic rings. The molecule has 0 spiro atoms. The Balaban J connectivity index is 0.000000313. The third-order valence-electron chi connectivity index (χ3n) is 3.75. The lowest BCUT2D eigenvalue weighted by Crippen LogP contribution is -2.12. The van der Waals surface area contributed by atoms with E-state index in [1.54, 1.807) is 13.1 Å². The Morgan fingerprint density at radius 2 is 1.85 bits per heavy atom. The van der Waals surface area contributed by atoms with Gasteiger partial charge in [0.2, 0.25) is 0 Å². The molecule has 0 saturated heterocycles. The van der Waals surface area contributed by atoms with Crippen LogP contribution in [0.3, 0.4) is 0 Å². The first kappa shape index (κ1) is 20.5. The van der Waals surface area contributed by atoms with Crippen LogP contribution in [0.15, 0.2) is 36.5 Å². The second kappa shape index (κ2) is 7.83. The topological polar surface area (TPSA) is 81.1 Å². The number of alkyl halides is 3. The minimum atomic E-state index is -4.50. The van der Waals surface area contributed by atoms with Crippen LogP contribution in [0.25, 0.3) is 5.69 Å². The quantitative estimate of drug-likeness (QED) is 0.648. The fraction of sp³-hybridized carbons (Fsp3) is 0.222. The summed E-state index contributed by atoms with van der Waals surface area (Å²) < 4.78 is 40.4. The maximum Gasteiger partial charge on any atom is 0.418 e. The number of anilines is 1. The zero-order chi connectivity index (χ0) is 20.4. The number of thiazole rings is 1. The maximum absolute atomic E-state index is 13.0. The molecule has 27 heavy (non-hydrogen) atoms. The van der Waals surface area contributed by atoms with Crippen molar-refractivity contribution in [1.29, 1.82) is 0 Å². The van der Waals surface area contributed by atoms with Gasteiger partial charge in [0.1, 0.15) is 0 Å². The molecule has 0 fully saturated rings. The Bertz CT molecular complexity index is 945. The highest BCUT2D eigenvalue weighted by Gasteiger charge is 2.34. The number of aryl methyl sites for hydroxylation is 2. The number of halogens is 3. The number of aromatic nitrogens is 2. The van der Waals surface area contributed by atoms with Crippen molar-refractivity contribution < 1.29 is 23.1 Å². The number of hydrogen-bond donors (Lipinski definition) is 2. The number of nitrogen functional groups attached to an aromatic ring is 1. The minimum Gasteiger partial charge on any atom is -0.478 e. The van der Waals surface area contributed by atoms with Crippen molar-refractivity contribution in [3.8, 4) is 5.69 Å². The number of nitrogens with two attached hydrogens (primary N) is 1. The molecule has 0 amide bonds. The van der Waals surface area contributed by atoms with E-state index in [1.807, 2.05) is 6.92 Å². The molecule has 144 valence electrons. The molecule has 0 radical (unpaired) electrons. The average Bonchev–Trinajstić information content (AvgIpc) is 3.09. The zero-order valence-electron chi connectivity index (χ0n) is 14.8. The normalized spacial score (nSPS) is 11.0. The third kappa shape index (κ3) is 4.68. The molecule has 9 heteroatoms. The van der Waals surface area contributed by atoms with Crippen LogP contribution >= 0.6 is 11.3 Å². The maximum atomic E-state index is 13.0. The van der Waals surface area contributed by atoms with Crippen molar-refractivity contribution in [2.75, 3.05) is 5.73 Å². The van der Waals surface area contributed by atoms with Crippen molar-refractivity contribution in [3.63, 3.8) is 0 Å². The highest BCUT2D eigenvalue weighted by Crippen LogP contribution is 2.35. The van der Waals surface area contributed by atoms with Crippen molar-refractivity contribution >= 4 is 22.4 Å². The first-order valence-electron chi connectivity index (χ1n) is 7.79. The molecule has 0 unspecified atom stereocenters. The molecule has 2 aromatic heterocycles. The third-order valence-corrected chi connectivity index (χ3v) is 4.49. The highest BCUT2D eigenvalue weighted by molar-refractivity contribution is 7.15. The van der Waals surface area contributed by atoms with Crippen molar-refractivity contribution in [3.05, 3.63) is 63.9 Å². The minimum absolute atomic E-state index is 0.000484. The first-order valence-corrected chi connectivity index (χ1v) is 8.60. The van der Waals surface area contributed by atoms with Crippen LogP contribution in [-0.2, 0) is 6.18 Å². The smallest absolute Gasteiger partial charge is 0.418 e. The average molecular weight is 397 g/mol. The first-order chi connectivity index (χ1) is 12.5. The number of hydrogen-bond acceptors (Lipinski definition) is 4. The van der Waals surface area contributed by atoms with Gasteiger partial charge in [-0.25, -0.2) is 9.78 Å². The standard InChI is InChI=1S/C14H12F3NO2.C4H6N2S/c1-8-7-10(13(19)20)9(2)18(8)12-6-4-3-5-11(12)14(15,16)17;1-3-2-6-4(5)7-3/h3-7H,1-2H3,(H,19,20);2H,1H3,(H2,5,6). The zero-order valence-corrected chi connectivity index (χ0v) is 15.6. The van der Waals surface area contributed by atoms with E-state index >= 15 is 0 Å². The summed E-state index contributed by atoms with van der Waals surface area (Å²) in [6, 6.07) is 6.47. The van der Waals surface area contributed by atoms with E-state index in [0.29, 0.717) is 10.8 Å². The Kier molecular flexibility index (Phi) is 5.94. The second-order valence-electron chi connectivity index (χ2n) is 5.75. The number of carbonyl (C=O) groups is 1. The lowest BCUT2D eigenvalue weighted by Gasteiger charge is -2.16. The van der Waals surface area contributed by atoms with Gasteiger partial charge in [-0.1, -0.05) is 12.1 Å². The molecule has 2 heterocycles. The van der Waals surface area contributed by atoms with Gasteiger partial charge in [-0.3, -0.25) is 0 Å². The van der Waals surface area contributed by atoms with Crippen LogP contribution in [0.5, 0.6) is 0 Å². The molecule has 5 nitrogen and oxygen atoms in total. The fourth-order valence-corrected chi connectivity index (χ4v) is 3.17. The van der Waals surface area contributed by atoms with Gasteiger partial charge in [0.05, 0.1) is 16.8 Å². The molecule has 0 saturated carbocycles. The molecular formula is C18H18F3N3O2S. The Hall–Kier alpha value is -2.81. The summed E-state index contributed by atoms with van der Waals surface area (Å²) in [6.07, 6.45) is -2.73. The summed E-state index contributed by atoms with van der Waals surface area (Å²) in [5.41, 5.74) is 5.14. The Labute approximate surface area is 157 Å². The van der Waals surface area contributed by atoms with Crippen LogP contribution in [0.1, 0.15) is 32.2 Å². The molecule has 3 N–H and O–H groups in total. The number of para-hydroxylation sites is 1. The van der Waals surface area contributed by atoms with Gasteiger partial charge in [-0.05, 0) is 39.0 Å². The van der Waals surface area contributed by atoms with Gasteiger partial charge in [-0.2, -0.15) is 13.2 Å². The summed E-state index contributed by atoms with van der Waals surface area (Å²) in [6.45, 7) is 5.05. The highest BCUT2D eigenvalue weighted by atomic mass is 32.1. The second-order valence-corrected chi connectivity index (χ2v) is 7.02. The summed E-state index contributed by atoms with van der Waals surface area (Å²) in [4.78, 5) is 16.0. The SMILES string of the molecule is Cc1cc(C(=O)O)c(C)n1-c1ccccc1C(F)(F)F.Cc1cnc(N)s1. The van der Waals surface area contributed by atoms with Crippen molar-refractivity contribution in [2.24, 2.45) is 0 Å². The number of nitrogens with zero attached hydrogens (tertiary/aromatic N) is 2. The molecule has 0 aliphatic carbocycles. The van der Waals surface area contributed by atoms with E-state index in [4.69, 9.17) is 10.8 Å². The Morgan fingerprint density at radius 3 is 2.26 bits per heavy atom. The predicted molar refractivity (Wildman–Crippen MR) is 98.5 cm³/mol. The van der Waals surface area contributed by atoms with E-state index < -0.39 is 17.7 Å². The van der Waals surface area contributed by atoms with E-state index in [2.05, 4.69) is 4.98 Å². The van der Waals surface area contributed by atoms with Crippen LogP contribution in [0, 0.1) is 20.8 Å². The Morgan fingerprint density at radius 1 is 1.22 bits per heavy atom. The van der Waals surface area contributed by atoms with Crippen molar-refractivity contribution in [1.82, 2.24) is 9.55 Å². The van der Waals surface area contributed by atoms with Gasteiger partial charge >= 0.3 is 12.1 Å². The monoisotopic (exact) mass is 397 g/mol. The van der Waals surface area contributed by atoms with Gasteiger partial charge in [0.25, 0.3) is 0 Å². The number of carboxylic acid groups (broad SMARTS) is 1. The van der Waals surface area contributed by atoms with E-state index in [1.165, 1.54) is 47.1 Å². The van der Waals surface area contributed by atoms with E-state index in [0.717, 1.165) is 10.9 Å². The summed E-state index contributed by atoms with van der Waals surface area (Å²) >= 11 is 1.51. The fourth-order valence-electron chi connectivity index (χ4n) is 2.63. The number of benzene rings is 1. The lowest BCUT2D eigenvalue weighted by atomic mass is 10.1. The molecule has 1 aromatic carbocycles. The molecule has 3 rings (SSSR count). The summed E-state index contributed by atoms with van der Waals surface area (Å²) in [5.74, 6) is -1.16. The van der Waals surface area contributed by atoms with Crippen molar-refractivity contribution in [2.45, 2.75) is 26.9 Å². The molecule has 3 aromatic rings. The number of rotatable bonds is 2. The number of carboxylic acids is 1. The van der Waals surface area contributed by atoms with Crippen LogP contribution < -0.4 is 5.73 Å². The molecule has 0 aliphatic heterocycles. The summed E-state index contributed by atoms with van der Waals surface area (Å²) in [5, 5.41) is 9.69. The van der Waals surface area contributed by atoms with Crippen LogP contribution in [-0.4, -0.2) is 20.6 Å². The van der Waals surface area contributed by atoms with E-state index in [9.17, 15) is 18.0 Å². The van der Waals surface area contributed by atoms with Crippen LogP contribution in [0.4, 0.5) is 18.3 Å². The predicted octanol–water partition coefficient (Wildman–Crippen LogP) is 4.84. The lowest BCUT2D eigenvalue weighted by molar-refractivity contribution is -0.137. The molecular weight excluding hydrogens is 379 g/mol. The van der Waals surface area contributed by atoms with Gasteiger partial charge < -0.3 is 15.4 Å². The van der Waals surface area contributed by atoms with E-state index in [-0.39, 0.29) is 16.9 Å². The summed E-state index contributed by atoms with van der Waals surface area (Å²) in [7, 11) is 0. The van der Waals surface area contributed by atoms with Gasteiger partial charge in [0.15, 0.2) is 5.13 Å². The van der Waals surface area contributed by atoms with Gasteiger partial charge in [-0.15, -0.1) is 11.3 Å². The molecule has 0 bridgehead atoms. The largest absolute Gasteiger partial charge is 0.478 e. The van der Waals surface area contributed by atoms with Gasteiger partial charge in [0, 0.05) is 22.5 Å².